The maximum atomic E-state index is 13.1. The number of nitrogens with zero attached hydrogens (tertiary/aromatic N) is 4. The van der Waals surface area contributed by atoms with Crippen LogP contribution in [0.3, 0.4) is 0 Å². The van der Waals surface area contributed by atoms with Crippen molar-refractivity contribution in [1.82, 2.24) is 19.4 Å². The number of hydrogen-bond acceptors (Lipinski definition) is 4. The second-order valence-electron chi connectivity index (χ2n) is 7.71. The Morgan fingerprint density at radius 1 is 1.00 bits per heavy atom. The number of para-hydroxylation sites is 1. The molecule has 29 heavy (non-hydrogen) atoms. The molecule has 1 N–H and O–H groups in total. The van der Waals surface area contributed by atoms with E-state index in [0.717, 1.165) is 23.4 Å². The Morgan fingerprint density at radius 3 is 2.59 bits per heavy atom. The summed E-state index contributed by atoms with van der Waals surface area (Å²) in [7, 11) is 0. The molecular formula is C22H21N5O2. The van der Waals surface area contributed by atoms with Gasteiger partial charge in [-0.2, -0.15) is 0 Å². The van der Waals surface area contributed by atoms with E-state index in [4.69, 9.17) is 0 Å². The smallest absolute Gasteiger partial charge is 0.321 e. The van der Waals surface area contributed by atoms with Gasteiger partial charge < -0.3 is 14.8 Å². The number of piperidine rings is 1. The first-order valence-corrected chi connectivity index (χ1v) is 9.79. The highest BCUT2D eigenvalue weighted by Crippen LogP contribution is 2.36. The SMILES string of the molecule is O=C(Nc1ccccc1)N1CC2CC(C1)c1ccc(-c3cncnc3)c(=O)n1C2. The first kappa shape index (κ1) is 17.6. The van der Waals surface area contributed by atoms with Crippen LogP contribution < -0.4 is 10.9 Å². The monoisotopic (exact) mass is 387 g/mol. The van der Waals surface area contributed by atoms with Crippen LogP contribution in [0.2, 0.25) is 0 Å². The fourth-order valence-corrected chi connectivity index (χ4v) is 4.49. The van der Waals surface area contributed by atoms with Crippen LogP contribution in [-0.2, 0) is 6.54 Å². The normalized spacial score (nSPS) is 20.1. The minimum atomic E-state index is -0.0836. The number of amides is 2. The van der Waals surface area contributed by atoms with Crippen LogP contribution in [0.1, 0.15) is 18.0 Å². The molecule has 2 amide bonds. The van der Waals surface area contributed by atoms with Gasteiger partial charge in [0.2, 0.25) is 0 Å². The molecule has 4 heterocycles. The second kappa shape index (κ2) is 7.16. The summed E-state index contributed by atoms with van der Waals surface area (Å²) < 4.78 is 1.88. The molecule has 7 heteroatoms. The molecule has 2 aliphatic rings. The van der Waals surface area contributed by atoms with E-state index in [1.165, 1.54) is 6.33 Å². The molecule has 1 saturated heterocycles. The highest BCUT2D eigenvalue weighted by Gasteiger charge is 2.36. The van der Waals surface area contributed by atoms with Crippen molar-refractivity contribution < 1.29 is 4.79 Å². The predicted molar refractivity (Wildman–Crippen MR) is 110 cm³/mol. The van der Waals surface area contributed by atoms with E-state index >= 15 is 0 Å². The van der Waals surface area contributed by atoms with E-state index < -0.39 is 0 Å². The van der Waals surface area contributed by atoms with Gasteiger partial charge in [0.25, 0.3) is 5.56 Å². The minimum Gasteiger partial charge on any atom is -0.324 e. The average molecular weight is 387 g/mol. The molecule has 1 aromatic carbocycles. The molecule has 146 valence electrons. The van der Waals surface area contributed by atoms with Crippen LogP contribution in [0.25, 0.3) is 11.1 Å². The average Bonchev–Trinajstić information content (AvgIpc) is 2.76. The lowest BCUT2D eigenvalue weighted by Crippen LogP contribution is -2.50. The van der Waals surface area contributed by atoms with Gasteiger partial charge in [0.1, 0.15) is 6.33 Å². The van der Waals surface area contributed by atoms with E-state index in [9.17, 15) is 9.59 Å². The largest absolute Gasteiger partial charge is 0.324 e. The summed E-state index contributed by atoms with van der Waals surface area (Å²) in [6.07, 6.45) is 5.79. The molecule has 7 nitrogen and oxygen atoms in total. The van der Waals surface area contributed by atoms with Gasteiger partial charge >= 0.3 is 6.03 Å². The fourth-order valence-electron chi connectivity index (χ4n) is 4.49. The molecule has 3 aromatic rings. The fraction of sp³-hybridized carbons (Fsp3) is 0.273. The summed E-state index contributed by atoms with van der Waals surface area (Å²) in [6, 6.07) is 13.3. The summed E-state index contributed by atoms with van der Waals surface area (Å²) in [5, 5.41) is 2.97. The third-order valence-electron chi connectivity index (χ3n) is 5.79. The van der Waals surface area contributed by atoms with Crippen LogP contribution in [0.15, 0.2) is 66.0 Å². The molecule has 0 aliphatic carbocycles. The number of pyridine rings is 1. The van der Waals surface area contributed by atoms with Gasteiger partial charge in [-0.05, 0) is 36.6 Å². The number of anilines is 1. The van der Waals surface area contributed by atoms with Gasteiger partial charge in [0.15, 0.2) is 0 Å². The minimum absolute atomic E-state index is 0.00538. The lowest BCUT2D eigenvalue weighted by molar-refractivity contribution is 0.139. The maximum absolute atomic E-state index is 13.1. The van der Waals surface area contributed by atoms with E-state index in [2.05, 4.69) is 15.3 Å². The maximum Gasteiger partial charge on any atom is 0.321 e. The third kappa shape index (κ3) is 3.29. The summed E-state index contributed by atoms with van der Waals surface area (Å²) in [5.74, 6) is 0.431. The second-order valence-corrected chi connectivity index (χ2v) is 7.71. The molecule has 0 saturated carbocycles. The van der Waals surface area contributed by atoms with Gasteiger partial charge in [-0.25, -0.2) is 14.8 Å². The molecule has 2 bridgehead atoms. The standard InChI is InChI=1S/C22H21N5O2/c28-21-19(17-9-23-14-24-10-17)6-7-20-16-8-15(12-27(20)21)11-26(13-16)22(29)25-18-4-2-1-3-5-18/h1-7,9-10,14-16H,8,11-13H2,(H,25,29). The van der Waals surface area contributed by atoms with Crippen molar-refractivity contribution in [1.29, 1.82) is 0 Å². The Hall–Kier alpha value is -3.48. The Labute approximate surface area is 168 Å². The van der Waals surface area contributed by atoms with Crippen molar-refractivity contribution in [3.63, 3.8) is 0 Å². The van der Waals surface area contributed by atoms with Gasteiger partial charge in [0, 0.05) is 54.9 Å². The van der Waals surface area contributed by atoms with Gasteiger partial charge in [0.05, 0.1) is 5.56 Å². The Kier molecular flexibility index (Phi) is 4.35. The topological polar surface area (TPSA) is 80.1 Å². The highest BCUT2D eigenvalue weighted by atomic mass is 16.2. The number of hydrogen-bond donors (Lipinski definition) is 1. The summed E-state index contributed by atoms with van der Waals surface area (Å²) in [4.78, 5) is 35.8. The third-order valence-corrected chi connectivity index (χ3v) is 5.79. The number of urea groups is 1. The molecule has 5 rings (SSSR count). The Morgan fingerprint density at radius 2 is 1.79 bits per heavy atom. The number of nitrogens with one attached hydrogen (secondary N) is 1. The lowest BCUT2D eigenvalue weighted by atomic mass is 9.83. The molecule has 2 unspecified atom stereocenters. The van der Waals surface area contributed by atoms with E-state index in [0.29, 0.717) is 25.2 Å². The zero-order valence-corrected chi connectivity index (χ0v) is 15.9. The molecular weight excluding hydrogens is 366 g/mol. The number of rotatable bonds is 2. The number of likely N-dealkylation sites (tertiary alicyclic amines) is 1. The van der Waals surface area contributed by atoms with Crippen molar-refractivity contribution in [2.24, 2.45) is 5.92 Å². The first-order chi connectivity index (χ1) is 14.2. The summed E-state index contributed by atoms with van der Waals surface area (Å²) in [5.41, 5.74) is 3.14. The van der Waals surface area contributed by atoms with Crippen LogP contribution >= 0.6 is 0 Å². The van der Waals surface area contributed by atoms with Crippen LogP contribution in [-0.4, -0.2) is 38.6 Å². The van der Waals surface area contributed by atoms with Crippen molar-refractivity contribution in [2.45, 2.75) is 18.9 Å². The number of carbonyl (C=O) groups excluding carboxylic acids is 1. The molecule has 2 atom stereocenters. The van der Waals surface area contributed by atoms with E-state index in [-0.39, 0.29) is 23.4 Å². The Bertz CT molecular complexity index is 1100. The zero-order chi connectivity index (χ0) is 19.8. The van der Waals surface area contributed by atoms with Crippen molar-refractivity contribution in [3.8, 4) is 11.1 Å². The van der Waals surface area contributed by atoms with Crippen molar-refractivity contribution in [3.05, 3.63) is 77.2 Å². The van der Waals surface area contributed by atoms with Crippen LogP contribution in [0, 0.1) is 5.92 Å². The van der Waals surface area contributed by atoms with Gasteiger partial charge in [-0.15, -0.1) is 0 Å². The van der Waals surface area contributed by atoms with Crippen molar-refractivity contribution in [2.75, 3.05) is 18.4 Å². The number of carbonyl (C=O) groups is 1. The molecule has 0 radical (unpaired) electrons. The zero-order valence-electron chi connectivity index (χ0n) is 15.9. The number of fused-ring (bicyclic) bond motifs is 4. The van der Waals surface area contributed by atoms with E-state index in [1.54, 1.807) is 12.4 Å². The Balaban J connectivity index is 1.40. The molecule has 2 aliphatic heterocycles. The summed E-state index contributed by atoms with van der Waals surface area (Å²) >= 11 is 0. The van der Waals surface area contributed by atoms with Crippen LogP contribution in [0.4, 0.5) is 10.5 Å². The van der Waals surface area contributed by atoms with Gasteiger partial charge in [-0.1, -0.05) is 18.2 Å². The lowest BCUT2D eigenvalue weighted by Gasteiger charge is -2.42. The number of aromatic nitrogens is 3. The van der Waals surface area contributed by atoms with Crippen molar-refractivity contribution >= 4 is 11.7 Å². The van der Waals surface area contributed by atoms with E-state index in [1.807, 2.05) is 51.9 Å². The molecule has 1 fully saturated rings. The van der Waals surface area contributed by atoms with Gasteiger partial charge in [-0.3, -0.25) is 4.79 Å². The first-order valence-electron chi connectivity index (χ1n) is 9.79. The molecule has 2 aromatic heterocycles. The predicted octanol–water partition coefficient (Wildman–Crippen LogP) is 2.96. The van der Waals surface area contributed by atoms with Crippen LogP contribution in [0.5, 0.6) is 0 Å². The molecule has 0 spiro atoms. The highest BCUT2D eigenvalue weighted by molar-refractivity contribution is 5.89. The quantitative estimate of drug-likeness (QED) is 0.733. The summed E-state index contributed by atoms with van der Waals surface area (Å²) in [6.45, 7) is 1.89. The number of benzene rings is 1.